The number of nitrogens with one attached hydrogen (secondary N) is 1. The Morgan fingerprint density at radius 3 is 2.18 bits per heavy atom. The Morgan fingerprint density at radius 2 is 1.53 bits per heavy atom. The Labute approximate surface area is 210 Å². The number of carbonyl (C=O) groups excluding carboxylic acids is 2. The molecule has 0 aromatic heterocycles. The zero-order chi connectivity index (χ0) is 24.5. The molecule has 0 radical (unpaired) electrons. The van der Waals surface area contributed by atoms with Crippen LogP contribution in [-0.2, 0) is 22.6 Å². The standard InChI is InChI=1S/C27H28Cl2N2O3/c1-19(2)30-27(33)25(15-20-8-4-3-5-9-20)31(17-21-10-6-11-22(28)14-21)26(32)18-34-24-13-7-12-23(29)16-24/h3-14,16,19,25H,15,17-18H2,1-2H3,(H,30,33). The number of hydrogen-bond acceptors (Lipinski definition) is 3. The zero-order valence-electron chi connectivity index (χ0n) is 19.2. The molecule has 1 atom stereocenters. The first-order valence-electron chi connectivity index (χ1n) is 11.1. The van der Waals surface area contributed by atoms with E-state index in [2.05, 4.69) is 5.32 Å². The van der Waals surface area contributed by atoms with Crippen LogP contribution in [0.2, 0.25) is 10.0 Å². The second-order valence-electron chi connectivity index (χ2n) is 8.27. The van der Waals surface area contributed by atoms with Crippen molar-refractivity contribution in [2.45, 2.75) is 38.9 Å². The average molecular weight is 499 g/mol. The van der Waals surface area contributed by atoms with Crippen LogP contribution in [0, 0.1) is 0 Å². The molecule has 178 valence electrons. The molecule has 0 aliphatic rings. The Bertz CT molecular complexity index is 1110. The molecule has 2 amide bonds. The number of ether oxygens (including phenoxy) is 1. The van der Waals surface area contributed by atoms with Crippen LogP contribution in [0.25, 0.3) is 0 Å². The van der Waals surface area contributed by atoms with Gasteiger partial charge in [0.05, 0.1) is 0 Å². The molecule has 0 aliphatic heterocycles. The Balaban J connectivity index is 1.91. The lowest BCUT2D eigenvalue weighted by Gasteiger charge is -2.32. The molecule has 7 heteroatoms. The number of hydrogen-bond donors (Lipinski definition) is 1. The van der Waals surface area contributed by atoms with Crippen molar-refractivity contribution in [3.05, 3.63) is 100 Å². The van der Waals surface area contributed by atoms with Crippen LogP contribution in [0.15, 0.2) is 78.9 Å². The van der Waals surface area contributed by atoms with Crippen molar-refractivity contribution in [1.82, 2.24) is 10.2 Å². The number of benzene rings is 3. The predicted molar refractivity (Wildman–Crippen MR) is 136 cm³/mol. The number of rotatable bonds is 10. The predicted octanol–water partition coefficient (Wildman–Crippen LogP) is 5.54. The van der Waals surface area contributed by atoms with Gasteiger partial charge in [0, 0.05) is 29.1 Å². The van der Waals surface area contributed by atoms with Gasteiger partial charge in [-0.25, -0.2) is 0 Å². The quantitative estimate of drug-likeness (QED) is 0.399. The molecule has 34 heavy (non-hydrogen) atoms. The van der Waals surface area contributed by atoms with Crippen LogP contribution in [0.1, 0.15) is 25.0 Å². The molecule has 3 aromatic carbocycles. The minimum atomic E-state index is -0.737. The van der Waals surface area contributed by atoms with Crippen molar-refractivity contribution in [2.75, 3.05) is 6.61 Å². The van der Waals surface area contributed by atoms with Crippen LogP contribution in [0.4, 0.5) is 0 Å². The molecule has 0 bridgehead atoms. The highest BCUT2D eigenvalue weighted by Crippen LogP contribution is 2.20. The van der Waals surface area contributed by atoms with Gasteiger partial charge in [-0.2, -0.15) is 0 Å². The average Bonchev–Trinajstić information content (AvgIpc) is 2.80. The monoisotopic (exact) mass is 498 g/mol. The first-order valence-corrected chi connectivity index (χ1v) is 11.8. The third-order valence-corrected chi connectivity index (χ3v) is 5.57. The maximum absolute atomic E-state index is 13.5. The fraction of sp³-hybridized carbons (Fsp3) is 0.259. The molecule has 1 unspecified atom stereocenters. The summed E-state index contributed by atoms with van der Waals surface area (Å²) in [6.07, 6.45) is 0.364. The fourth-order valence-corrected chi connectivity index (χ4v) is 3.94. The summed E-state index contributed by atoms with van der Waals surface area (Å²) in [6.45, 7) is 3.76. The second kappa shape index (κ2) is 12.4. The SMILES string of the molecule is CC(C)NC(=O)C(Cc1ccccc1)N(Cc1cccc(Cl)c1)C(=O)COc1cccc(Cl)c1. The molecule has 0 aliphatic carbocycles. The maximum Gasteiger partial charge on any atom is 0.261 e. The van der Waals surface area contributed by atoms with Crippen molar-refractivity contribution in [2.24, 2.45) is 0 Å². The van der Waals surface area contributed by atoms with Gasteiger partial charge in [-0.05, 0) is 55.3 Å². The molecule has 3 aromatic rings. The highest BCUT2D eigenvalue weighted by molar-refractivity contribution is 6.30. The van der Waals surface area contributed by atoms with E-state index in [0.29, 0.717) is 22.2 Å². The summed E-state index contributed by atoms with van der Waals surface area (Å²) in [5, 5.41) is 4.03. The summed E-state index contributed by atoms with van der Waals surface area (Å²) >= 11 is 12.2. The van der Waals surface area contributed by atoms with Gasteiger partial charge in [-0.3, -0.25) is 9.59 Å². The van der Waals surface area contributed by atoms with Crippen molar-refractivity contribution >= 4 is 35.0 Å². The van der Waals surface area contributed by atoms with E-state index in [1.165, 1.54) is 0 Å². The molecule has 3 rings (SSSR count). The van der Waals surface area contributed by atoms with Crippen LogP contribution >= 0.6 is 23.2 Å². The number of nitrogens with zero attached hydrogens (tertiary/aromatic N) is 1. The fourth-order valence-electron chi connectivity index (χ4n) is 3.55. The molecular weight excluding hydrogens is 471 g/mol. The van der Waals surface area contributed by atoms with Gasteiger partial charge in [-0.15, -0.1) is 0 Å². The van der Waals surface area contributed by atoms with E-state index in [9.17, 15) is 9.59 Å². The maximum atomic E-state index is 13.5. The van der Waals surface area contributed by atoms with Gasteiger partial charge in [0.25, 0.3) is 5.91 Å². The van der Waals surface area contributed by atoms with Gasteiger partial charge >= 0.3 is 0 Å². The number of halogens is 2. The Hall–Kier alpha value is -3.02. The lowest BCUT2D eigenvalue weighted by molar-refractivity contribution is -0.143. The summed E-state index contributed by atoms with van der Waals surface area (Å²) in [5.41, 5.74) is 1.77. The molecule has 0 spiro atoms. The third-order valence-electron chi connectivity index (χ3n) is 5.10. The third kappa shape index (κ3) is 7.79. The van der Waals surface area contributed by atoms with E-state index in [1.54, 1.807) is 41.3 Å². The van der Waals surface area contributed by atoms with Gasteiger partial charge in [0.2, 0.25) is 5.91 Å². The van der Waals surface area contributed by atoms with E-state index in [-0.39, 0.29) is 31.0 Å². The van der Waals surface area contributed by atoms with Crippen molar-refractivity contribution in [3.8, 4) is 5.75 Å². The summed E-state index contributed by atoms with van der Waals surface area (Å²) < 4.78 is 5.72. The van der Waals surface area contributed by atoms with E-state index < -0.39 is 6.04 Å². The van der Waals surface area contributed by atoms with E-state index >= 15 is 0 Å². The number of carbonyl (C=O) groups is 2. The zero-order valence-corrected chi connectivity index (χ0v) is 20.7. The van der Waals surface area contributed by atoms with Crippen molar-refractivity contribution < 1.29 is 14.3 Å². The Morgan fingerprint density at radius 1 is 0.882 bits per heavy atom. The molecule has 0 saturated heterocycles. The first kappa shape index (κ1) is 25.6. The van der Waals surface area contributed by atoms with Gasteiger partial charge in [-0.1, -0.05) is 71.7 Å². The topological polar surface area (TPSA) is 58.6 Å². The van der Waals surface area contributed by atoms with Crippen molar-refractivity contribution in [1.29, 1.82) is 0 Å². The first-order chi connectivity index (χ1) is 16.3. The molecule has 0 heterocycles. The molecular formula is C27H28Cl2N2O3. The lowest BCUT2D eigenvalue weighted by atomic mass is 10.0. The molecule has 0 saturated carbocycles. The van der Waals surface area contributed by atoms with Crippen LogP contribution in [-0.4, -0.2) is 35.4 Å². The smallest absolute Gasteiger partial charge is 0.261 e. The Kier molecular flexibility index (Phi) is 9.37. The van der Waals surface area contributed by atoms with Crippen LogP contribution in [0.3, 0.4) is 0 Å². The largest absolute Gasteiger partial charge is 0.484 e. The summed E-state index contributed by atoms with van der Waals surface area (Å²) in [6, 6.07) is 22.9. The van der Waals surface area contributed by atoms with Crippen LogP contribution in [0.5, 0.6) is 5.75 Å². The molecule has 1 N–H and O–H groups in total. The normalized spacial score (nSPS) is 11.7. The van der Waals surface area contributed by atoms with Crippen LogP contribution < -0.4 is 10.1 Å². The molecule has 0 fully saturated rings. The van der Waals surface area contributed by atoms with Gasteiger partial charge in [0.15, 0.2) is 6.61 Å². The van der Waals surface area contributed by atoms with Crippen molar-refractivity contribution in [3.63, 3.8) is 0 Å². The highest BCUT2D eigenvalue weighted by Gasteiger charge is 2.31. The minimum Gasteiger partial charge on any atom is -0.484 e. The van der Waals surface area contributed by atoms with E-state index in [0.717, 1.165) is 11.1 Å². The van der Waals surface area contributed by atoms with E-state index in [1.807, 2.05) is 56.3 Å². The molecule has 5 nitrogen and oxygen atoms in total. The number of amides is 2. The highest BCUT2D eigenvalue weighted by atomic mass is 35.5. The summed E-state index contributed by atoms with van der Waals surface area (Å²) in [4.78, 5) is 28.3. The van der Waals surface area contributed by atoms with E-state index in [4.69, 9.17) is 27.9 Å². The lowest BCUT2D eigenvalue weighted by Crippen LogP contribution is -2.52. The van der Waals surface area contributed by atoms with Gasteiger partial charge in [0.1, 0.15) is 11.8 Å². The second-order valence-corrected chi connectivity index (χ2v) is 9.14. The van der Waals surface area contributed by atoms with Gasteiger partial charge < -0.3 is 15.0 Å². The summed E-state index contributed by atoms with van der Waals surface area (Å²) in [7, 11) is 0. The summed E-state index contributed by atoms with van der Waals surface area (Å²) in [5.74, 6) is -0.0634. The minimum absolute atomic E-state index is 0.0726.